The number of hydrogen-bond acceptors (Lipinski definition) is 7. The molecule has 0 aromatic heterocycles. The molecule has 0 saturated carbocycles. The third-order valence-electron chi connectivity index (χ3n) is 5.49. The second kappa shape index (κ2) is 10.5. The van der Waals surface area contributed by atoms with Gasteiger partial charge in [-0.15, -0.1) is 0 Å². The lowest BCUT2D eigenvalue weighted by Crippen LogP contribution is -2.47. The van der Waals surface area contributed by atoms with Crippen LogP contribution < -0.4 is 14.2 Å². The first kappa shape index (κ1) is 24.3. The quantitative estimate of drug-likeness (QED) is 0.609. The molecule has 1 saturated heterocycles. The molecule has 1 N–H and O–H groups in total. The van der Waals surface area contributed by atoms with Crippen LogP contribution in [0.5, 0.6) is 11.5 Å². The van der Waals surface area contributed by atoms with Gasteiger partial charge < -0.3 is 19.1 Å². The summed E-state index contributed by atoms with van der Waals surface area (Å²) in [4.78, 5) is 26.5. The predicted molar refractivity (Wildman–Crippen MR) is 117 cm³/mol. The molecule has 0 spiro atoms. The van der Waals surface area contributed by atoms with Crippen LogP contribution in [-0.4, -0.2) is 64.1 Å². The van der Waals surface area contributed by atoms with Crippen LogP contribution in [0, 0.1) is 11.8 Å². The molecule has 0 radical (unpaired) electrons. The Morgan fingerprint density at radius 3 is 2.50 bits per heavy atom. The van der Waals surface area contributed by atoms with Gasteiger partial charge in [0.2, 0.25) is 10.0 Å². The molecule has 1 aromatic rings. The number of fused-ring (bicyclic) bond motifs is 1. The molecule has 178 valence electrons. The highest BCUT2D eigenvalue weighted by atomic mass is 32.2. The van der Waals surface area contributed by atoms with E-state index in [1.165, 1.54) is 12.1 Å². The van der Waals surface area contributed by atoms with Crippen molar-refractivity contribution >= 4 is 21.9 Å². The van der Waals surface area contributed by atoms with Crippen molar-refractivity contribution in [2.24, 2.45) is 11.8 Å². The fourth-order valence-electron chi connectivity index (χ4n) is 4.09. The van der Waals surface area contributed by atoms with Crippen molar-refractivity contribution in [3.05, 3.63) is 18.2 Å². The lowest BCUT2D eigenvalue weighted by molar-refractivity contribution is -0.160. The number of piperidine rings is 1. The van der Waals surface area contributed by atoms with E-state index in [4.69, 9.17) is 14.2 Å². The number of hydrogen-bond donors (Lipinski definition) is 1. The average Bonchev–Trinajstić information content (AvgIpc) is 2.97. The summed E-state index contributed by atoms with van der Waals surface area (Å²) in [5.41, 5.74) is 0. The third-order valence-corrected chi connectivity index (χ3v) is 6.95. The predicted octanol–water partition coefficient (Wildman–Crippen LogP) is 1.95. The van der Waals surface area contributed by atoms with Crippen LogP contribution in [0.3, 0.4) is 0 Å². The van der Waals surface area contributed by atoms with Crippen molar-refractivity contribution in [2.45, 2.75) is 51.0 Å². The zero-order valence-electron chi connectivity index (χ0n) is 18.8. The van der Waals surface area contributed by atoms with Crippen molar-refractivity contribution in [2.75, 3.05) is 32.8 Å². The number of carbonyl (C=O) groups excluding carboxylic acids is 2. The zero-order valence-corrected chi connectivity index (χ0v) is 19.7. The second-order valence-electron chi connectivity index (χ2n) is 8.63. The molecular formula is C22H32N2O7S. The fraction of sp³-hybridized carbons (Fsp3) is 0.636. The van der Waals surface area contributed by atoms with Gasteiger partial charge in [0.15, 0.2) is 17.6 Å². The number of rotatable bonds is 7. The van der Waals surface area contributed by atoms with Gasteiger partial charge in [-0.3, -0.25) is 9.59 Å². The largest absolute Gasteiger partial charge is 0.490 e. The molecule has 2 heterocycles. The Kier molecular flexibility index (Phi) is 8.00. The number of ether oxygens (including phenoxy) is 3. The van der Waals surface area contributed by atoms with E-state index in [0.29, 0.717) is 56.1 Å². The number of nitrogens with one attached hydrogen (secondary N) is 1. The highest BCUT2D eigenvalue weighted by Gasteiger charge is 2.30. The van der Waals surface area contributed by atoms with Crippen LogP contribution in [0.25, 0.3) is 0 Å². The minimum Gasteiger partial charge on any atom is -0.490 e. The minimum atomic E-state index is -3.84. The van der Waals surface area contributed by atoms with Crippen LogP contribution in [-0.2, 0) is 24.3 Å². The highest BCUT2D eigenvalue weighted by molar-refractivity contribution is 7.89. The second-order valence-corrected chi connectivity index (χ2v) is 10.4. The number of carbonyl (C=O) groups is 2. The minimum absolute atomic E-state index is 0.0204. The van der Waals surface area contributed by atoms with E-state index < -0.39 is 22.1 Å². The SMILES string of the molecule is C[C@@H]1C[C@H](C)CN(C(=O)[C@H](C)OC(=O)CCNS(=O)(=O)c2ccc3c(c2)OCCCO3)C1. The molecule has 9 nitrogen and oxygen atoms in total. The van der Waals surface area contributed by atoms with Crippen LogP contribution in [0.15, 0.2) is 23.1 Å². The number of likely N-dealkylation sites (tertiary alicyclic amines) is 1. The summed E-state index contributed by atoms with van der Waals surface area (Å²) in [6, 6.07) is 4.39. The van der Waals surface area contributed by atoms with Gasteiger partial charge in [0.05, 0.1) is 24.5 Å². The van der Waals surface area contributed by atoms with Crippen LogP contribution in [0.1, 0.15) is 40.0 Å². The maximum absolute atomic E-state index is 12.6. The Morgan fingerprint density at radius 2 is 1.81 bits per heavy atom. The van der Waals surface area contributed by atoms with E-state index >= 15 is 0 Å². The van der Waals surface area contributed by atoms with Gasteiger partial charge >= 0.3 is 5.97 Å². The molecule has 1 aromatic carbocycles. The molecule has 10 heteroatoms. The van der Waals surface area contributed by atoms with Crippen LogP contribution in [0.2, 0.25) is 0 Å². The number of nitrogens with zero attached hydrogens (tertiary/aromatic N) is 1. The Labute approximate surface area is 189 Å². The van der Waals surface area contributed by atoms with Crippen LogP contribution >= 0.6 is 0 Å². The lowest BCUT2D eigenvalue weighted by Gasteiger charge is -2.36. The molecule has 2 aliphatic heterocycles. The summed E-state index contributed by atoms with van der Waals surface area (Å²) in [6.45, 7) is 7.86. The Hall–Kier alpha value is -2.33. The zero-order chi connectivity index (χ0) is 23.3. The van der Waals surface area contributed by atoms with Crippen molar-refractivity contribution < 1.29 is 32.2 Å². The first-order valence-corrected chi connectivity index (χ1v) is 12.5. The first-order chi connectivity index (χ1) is 15.2. The maximum Gasteiger partial charge on any atom is 0.307 e. The summed E-state index contributed by atoms with van der Waals surface area (Å²) < 4.78 is 43.8. The van der Waals surface area contributed by atoms with Crippen molar-refractivity contribution in [3.8, 4) is 11.5 Å². The third kappa shape index (κ3) is 6.35. The lowest BCUT2D eigenvalue weighted by atomic mass is 9.91. The summed E-state index contributed by atoms with van der Waals surface area (Å²) in [5, 5.41) is 0. The van der Waals surface area contributed by atoms with Crippen molar-refractivity contribution in [1.82, 2.24) is 9.62 Å². The Bertz CT molecular complexity index is 924. The number of sulfonamides is 1. The number of amides is 1. The van der Waals surface area contributed by atoms with E-state index in [-0.39, 0.29) is 23.8 Å². The maximum atomic E-state index is 12.6. The van der Waals surface area contributed by atoms with Gasteiger partial charge in [0, 0.05) is 32.1 Å². The summed E-state index contributed by atoms with van der Waals surface area (Å²) >= 11 is 0. The average molecular weight is 469 g/mol. The van der Waals surface area contributed by atoms with E-state index in [2.05, 4.69) is 18.6 Å². The normalized spacial score (nSPS) is 22.0. The Balaban J connectivity index is 1.48. The molecule has 0 unspecified atom stereocenters. The smallest absolute Gasteiger partial charge is 0.307 e. The summed E-state index contributed by atoms with van der Waals surface area (Å²) in [7, 11) is -3.84. The van der Waals surface area contributed by atoms with Gasteiger partial charge in [-0.05, 0) is 37.3 Å². The van der Waals surface area contributed by atoms with Gasteiger partial charge in [0.25, 0.3) is 5.91 Å². The molecule has 0 aliphatic carbocycles. The topological polar surface area (TPSA) is 111 Å². The number of benzene rings is 1. The Morgan fingerprint density at radius 1 is 1.16 bits per heavy atom. The number of esters is 1. The van der Waals surface area contributed by atoms with E-state index in [9.17, 15) is 18.0 Å². The van der Waals surface area contributed by atoms with E-state index in [1.54, 1.807) is 17.9 Å². The monoisotopic (exact) mass is 468 g/mol. The van der Waals surface area contributed by atoms with Gasteiger partial charge in [0.1, 0.15) is 0 Å². The fourth-order valence-corrected chi connectivity index (χ4v) is 5.13. The van der Waals surface area contributed by atoms with Gasteiger partial charge in [-0.25, -0.2) is 13.1 Å². The van der Waals surface area contributed by atoms with Crippen LogP contribution in [0.4, 0.5) is 0 Å². The molecule has 1 amide bonds. The molecule has 0 bridgehead atoms. The molecule has 3 rings (SSSR count). The van der Waals surface area contributed by atoms with Gasteiger partial charge in [-0.2, -0.15) is 0 Å². The van der Waals surface area contributed by atoms with Crippen molar-refractivity contribution in [3.63, 3.8) is 0 Å². The summed E-state index contributed by atoms with van der Waals surface area (Å²) in [6.07, 6.45) is 0.696. The summed E-state index contributed by atoms with van der Waals surface area (Å²) in [5.74, 6) is 0.837. The van der Waals surface area contributed by atoms with Gasteiger partial charge in [-0.1, -0.05) is 13.8 Å². The molecule has 3 atom stereocenters. The highest BCUT2D eigenvalue weighted by Crippen LogP contribution is 2.31. The standard InChI is InChI=1S/C22H32N2O7S/c1-15-11-16(2)14-24(13-15)22(26)17(3)31-21(25)7-8-23-32(27,28)18-5-6-19-20(12-18)30-10-4-9-29-19/h5-6,12,15-17,23H,4,7-11,13-14H2,1-3H3/t15-,16+,17-/m0/s1. The molecule has 32 heavy (non-hydrogen) atoms. The van der Waals surface area contributed by atoms with E-state index in [0.717, 1.165) is 6.42 Å². The van der Waals surface area contributed by atoms with Crippen molar-refractivity contribution in [1.29, 1.82) is 0 Å². The molecule has 2 aliphatic rings. The first-order valence-electron chi connectivity index (χ1n) is 11.0. The molecular weight excluding hydrogens is 436 g/mol. The van der Waals surface area contributed by atoms with E-state index in [1.807, 2.05) is 0 Å². The molecule has 1 fully saturated rings.